The second-order valence-corrected chi connectivity index (χ2v) is 6.23. The van der Waals surface area contributed by atoms with E-state index in [4.69, 9.17) is 0 Å². The molecule has 104 valence electrons. The first-order chi connectivity index (χ1) is 9.10. The van der Waals surface area contributed by atoms with E-state index in [0.29, 0.717) is 10.9 Å². The molecule has 1 aromatic rings. The number of benzene rings is 1. The minimum absolute atomic E-state index is 0.188. The number of hydrogen-bond donors (Lipinski definition) is 1. The van der Waals surface area contributed by atoms with Crippen LogP contribution in [0.1, 0.15) is 26.2 Å². The summed E-state index contributed by atoms with van der Waals surface area (Å²) in [5.41, 5.74) is 0.227. The Morgan fingerprint density at radius 1 is 1.53 bits per heavy atom. The van der Waals surface area contributed by atoms with Crippen LogP contribution in [0.2, 0.25) is 0 Å². The van der Waals surface area contributed by atoms with Gasteiger partial charge in [-0.15, -0.1) is 0 Å². The van der Waals surface area contributed by atoms with Crippen molar-refractivity contribution in [2.45, 2.75) is 37.5 Å². The van der Waals surface area contributed by atoms with Crippen molar-refractivity contribution in [3.63, 3.8) is 0 Å². The van der Waals surface area contributed by atoms with E-state index in [2.05, 4.69) is 12.2 Å². The molecule has 0 aliphatic heterocycles. The third-order valence-corrected chi connectivity index (χ3v) is 4.54. The summed E-state index contributed by atoms with van der Waals surface area (Å²) < 4.78 is 13.0. The molecule has 1 aromatic carbocycles. The largest absolute Gasteiger partial charge is 0.377 e. The van der Waals surface area contributed by atoms with Crippen LogP contribution < -0.4 is 5.32 Å². The summed E-state index contributed by atoms with van der Waals surface area (Å²) in [7, 11) is 0. The van der Waals surface area contributed by atoms with E-state index in [1.165, 1.54) is 12.1 Å². The van der Waals surface area contributed by atoms with Gasteiger partial charge in [-0.2, -0.15) is 11.8 Å². The van der Waals surface area contributed by atoms with Gasteiger partial charge >= 0.3 is 0 Å². The molecule has 0 spiro atoms. The molecule has 2 unspecified atom stereocenters. The predicted molar refractivity (Wildman–Crippen MR) is 76.2 cm³/mol. The van der Waals surface area contributed by atoms with Crippen LogP contribution in [0.25, 0.3) is 0 Å². The SMILES string of the molecule is CCSC1CCC(Nc2ccc(F)cc2[N+](=O)[O-])C1. The molecule has 0 radical (unpaired) electrons. The normalized spacial score (nSPS) is 22.4. The first kappa shape index (κ1) is 14.1. The van der Waals surface area contributed by atoms with Crippen molar-refractivity contribution in [1.29, 1.82) is 0 Å². The molecule has 1 aliphatic rings. The molecule has 2 rings (SSSR count). The Morgan fingerprint density at radius 3 is 3.00 bits per heavy atom. The monoisotopic (exact) mass is 284 g/mol. The summed E-state index contributed by atoms with van der Waals surface area (Å²) in [5, 5.41) is 14.7. The Balaban J connectivity index is 2.05. The van der Waals surface area contributed by atoms with E-state index < -0.39 is 10.7 Å². The number of nitro benzene ring substituents is 1. The third-order valence-electron chi connectivity index (χ3n) is 3.30. The van der Waals surface area contributed by atoms with Crippen molar-refractivity contribution in [2.24, 2.45) is 0 Å². The van der Waals surface area contributed by atoms with Crippen molar-refractivity contribution < 1.29 is 9.31 Å². The van der Waals surface area contributed by atoms with Gasteiger partial charge in [0.15, 0.2) is 0 Å². The van der Waals surface area contributed by atoms with Crippen molar-refractivity contribution in [3.8, 4) is 0 Å². The van der Waals surface area contributed by atoms with Crippen LogP contribution >= 0.6 is 11.8 Å². The van der Waals surface area contributed by atoms with Crippen LogP contribution in [0.5, 0.6) is 0 Å². The van der Waals surface area contributed by atoms with Gasteiger partial charge in [0.25, 0.3) is 5.69 Å². The summed E-state index contributed by atoms with van der Waals surface area (Å²) in [6.07, 6.45) is 3.14. The van der Waals surface area contributed by atoms with Gasteiger partial charge in [0, 0.05) is 11.3 Å². The smallest absolute Gasteiger partial charge is 0.295 e. The summed E-state index contributed by atoms with van der Waals surface area (Å²) in [4.78, 5) is 10.4. The van der Waals surface area contributed by atoms with Crippen molar-refractivity contribution in [3.05, 3.63) is 34.1 Å². The fraction of sp³-hybridized carbons (Fsp3) is 0.538. The molecular formula is C13H17FN2O2S. The second kappa shape index (κ2) is 6.23. The lowest BCUT2D eigenvalue weighted by Gasteiger charge is -2.14. The Morgan fingerprint density at radius 2 is 2.32 bits per heavy atom. The Kier molecular flexibility index (Phi) is 4.63. The highest BCUT2D eigenvalue weighted by Crippen LogP contribution is 2.33. The molecular weight excluding hydrogens is 267 g/mol. The maximum Gasteiger partial charge on any atom is 0.295 e. The topological polar surface area (TPSA) is 55.2 Å². The molecule has 1 aliphatic carbocycles. The van der Waals surface area contributed by atoms with Crippen LogP contribution in [0.4, 0.5) is 15.8 Å². The zero-order chi connectivity index (χ0) is 13.8. The summed E-state index contributed by atoms with van der Waals surface area (Å²) in [6, 6.07) is 3.92. The molecule has 4 nitrogen and oxygen atoms in total. The molecule has 0 aromatic heterocycles. The average molecular weight is 284 g/mol. The molecule has 0 bridgehead atoms. The van der Waals surface area contributed by atoms with Crippen molar-refractivity contribution in [1.82, 2.24) is 0 Å². The highest BCUT2D eigenvalue weighted by atomic mass is 32.2. The predicted octanol–water partition coefficient (Wildman–Crippen LogP) is 3.82. The number of halogens is 1. The molecule has 6 heteroatoms. The Bertz CT molecular complexity index is 470. The lowest BCUT2D eigenvalue weighted by atomic mass is 10.2. The van der Waals surface area contributed by atoms with Gasteiger partial charge < -0.3 is 5.32 Å². The van der Waals surface area contributed by atoms with Gasteiger partial charge in [-0.25, -0.2) is 4.39 Å². The average Bonchev–Trinajstić information content (AvgIpc) is 2.79. The van der Waals surface area contributed by atoms with E-state index in [-0.39, 0.29) is 11.7 Å². The zero-order valence-electron chi connectivity index (χ0n) is 10.8. The maximum atomic E-state index is 13.0. The van der Waals surface area contributed by atoms with Crippen molar-refractivity contribution >= 4 is 23.1 Å². The number of anilines is 1. The van der Waals surface area contributed by atoms with Gasteiger partial charge in [0.1, 0.15) is 11.5 Å². The lowest BCUT2D eigenvalue weighted by molar-refractivity contribution is -0.384. The maximum absolute atomic E-state index is 13.0. The second-order valence-electron chi connectivity index (χ2n) is 4.65. The molecule has 0 saturated heterocycles. The first-order valence-electron chi connectivity index (χ1n) is 6.42. The van der Waals surface area contributed by atoms with Crippen LogP contribution in [-0.2, 0) is 0 Å². The molecule has 1 saturated carbocycles. The van der Waals surface area contributed by atoms with Gasteiger partial charge in [0.05, 0.1) is 11.0 Å². The van der Waals surface area contributed by atoms with E-state index in [1.54, 1.807) is 0 Å². The number of hydrogen-bond acceptors (Lipinski definition) is 4. The van der Waals surface area contributed by atoms with Crippen LogP contribution in [0.3, 0.4) is 0 Å². The van der Waals surface area contributed by atoms with Gasteiger partial charge in [0.2, 0.25) is 0 Å². The number of nitro groups is 1. The standard InChI is InChI=1S/C13H17FN2O2S/c1-2-19-11-5-4-10(8-11)15-12-6-3-9(14)7-13(12)16(17)18/h3,6-7,10-11,15H,2,4-5,8H2,1H3. The zero-order valence-corrected chi connectivity index (χ0v) is 11.6. The highest BCUT2D eigenvalue weighted by molar-refractivity contribution is 7.99. The number of rotatable bonds is 5. The van der Waals surface area contributed by atoms with Crippen molar-refractivity contribution in [2.75, 3.05) is 11.1 Å². The van der Waals surface area contributed by atoms with Gasteiger partial charge in [-0.1, -0.05) is 6.92 Å². The summed E-state index contributed by atoms with van der Waals surface area (Å²) in [5.74, 6) is 0.511. The fourth-order valence-corrected chi connectivity index (χ4v) is 3.60. The number of nitrogens with zero attached hydrogens (tertiary/aromatic N) is 1. The highest BCUT2D eigenvalue weighted by Gasteiger charge is 2.26. The summed E-state index contributed by atoms with van der Waals surface area (Å²) >= 11 is 1.93. The fourth-order valence-electron chi connectivity index (χ4n) is 2.46. The van der Waals surface area contributed by atoms with E-state index in [0.717, 1.165) is 31.1 Å². The quantitative estimate of drug-likeness (QED) is 0.659. The molecule has 19 heavy (non-hydrogen) atoms. The van der Waals surface area contributed by atoms with Crippen LogP contribution in [0.15, 0.2) is 18.2 Å². The van der Waals surface area contributed by atoms with Crippen LogP contribution in [-0.4, -0.2) is 22.0 Å². The van der Waals surface area contributed by atoms with E-state index in [1.807, 2.05) is 11.8 Å². The molecule has 1 fully saturated rings. The molecule has 1 N–H and O–H groups in total. The van der Waals surface area contributed by atoms with Gasteiger partial charge in [-0.05, 0) is 37.1 Å². The van der Waals surface area contributed by atoms with Crippen LogP contribution in [0, 0.1) is 15.9 Å². The Labute approximate surface area is 115 Å². The van der Waals surface area contributed by atoms with Gasteiger partial charge in [-0.3, -0.25) is 10.1 Å². The number of thioether (sulfide) groups is 1. The van der Waals surface area contributed by atoms with E-state index >= 15 is 0 Å². The minimum Gasteiger partial charge on any atom is -0.377 e. The lowest BCUT2D eigenvalue weighted by Crippen LogP contribution is -2.17. The minimum atomic E-state index is -0.580. The molecule has 0 heterocycles. The Hall–Kier alpha value is -1.30. The summed E-state index contributed by atoms with van der Waals surface area (Å²) in [6.45, 7) is 2.14. The van der Waals surface area contributed by atoms with E-state index in [9.17, 15) is 14.5 Å². The third kappa shape index (κ3) is 3.59. The molecule has 2 atom stereocenters. The molecule has 0 amide bonds. The first-order valence-corrected chi connectivity index (χ1v) is 7.47. The number of nitrogens with one attached hydrogen (secondary N) is 1.